The SMILES string of the molecule is NCc1ncc(OC(F)(F)F)c(N)c1O. The fourth-order valence-corrected chi connectivity index (χ4v) is 0.895. The van der Waals surface area contributed by atoms with Crippen molar-refractivity contribution < 1.29 is 23.0 Å². The summed E-state index contributed by atoms with van der Waals surface area (Å²) in [5.74, 6) is -1.35. The van der Waals surface area contributed by atoms with E-state index in [1.165, 1.54) is 0 Å². The number of ether oxygens (including phenoxy) is 1. The minimum absolute atomic E-state index is 0.00187. The van der Waals surface area contributed by atoms with Crippen molar-refractivity contribution in [2.45, 2.75) is 12.9 Å². The van der Waals surface area contributed by atoms with E-state index >= 15 is 0 Å². The molecule has 0 atom stereocenters. The number of alkyl halides is 3. The van der Waals surface area contributed by atoms with Gasteiger partial charge in [-0.1, -0.05) is 0 Å². The highest BCUT2D eigenvalue weighted by Gasteiger charge is 2.32. The Morgan fingerprint density at radius 1 is 1.47 bits per heavy atom. The van der Waals surface area contributed by atoms with Gasteiger partial charge in [0.1, 0.15) is 5.69 Å². The molecule has 0 aliphatic carbocycles. The predicted molar refractivity (Wildman–Crippen MR) is 44.9 cm³/mol. The Morgan fingerprint density at radius 3 is 2.53 bits per heavy atom. The molecule has 1 rings (SSSR count). The van der Waals surface area contributed by atoms with E-state index in [-0.39, 0.29) is 12.2 Å². The standard InChI is InChI=1S/C7H8F3N3O2/c8-7(9,10)15-4-2-13-3(1-11)6(14)5(4)12/h2,14H,1,11H2,(H2,12,13). The number of hydrogen-bond donors (Lipinski definition) is 3. The van der Waals surface area contributed by atoms with Gasteiger partial charge in [-0.3, -0.25) is 4.98 Å². The molecular weight excluding hydrogens is 215 g/mol. The molecule has 0 aliphatic heterocycles. The van der Waals surface area contributed by atoms with E-state index in [2.05, 4.69) is 9.72 Å². The van der Waals surface area contributed by atoms with Crippen molar-refractivity contribution in [3.8, 4) is 11.5 Å². The number of nitrogen functional groups attached to an aromatic ring is 1. The Kier molecular flexibility index (Phi) is 2.89. The van der Waals surface area contributed by atoms with Crippen molar-refractivity contribution in [1.82, 2.24) is 4.98 Å². The van der Waals surface area contributed by atoms with Crippen LogP contribution in [-0.2, 0) is 6.54 Å². The van der Waals surface area contributed by atoms with Gasteiger partial charge in [-0.15, -0.1) is 13.2 Å². The van der Waals surface area contributed by atoms with Gasteiger partial charge >= 0.3 is 6.36 Å². The van der Waals surface area contributed by atoms with Crippen molar-refractivity contribution in [2.24, 2.45) is 5.73 Å². The lowest BCUT2D eigenvalue weighted by molar-refractivity contribution is -0.274. The van der Waals surface area contributed by atoms with E-state index in [1.807, 2.05) is 0 Å². The second-order valence-electron chi connectivity index (χ2n) is 2.58. The first-order valence-electron chi connectivity index (χ1n) is 3.77. The van der Waals surface area contributed by atoms with E-state index in [0.717, 1.165) is 6.20 Å². The van der Waals surface area contributed by atoms with Crippen LogP contribution < -0.4 is 16.2 Å². The zero-order valence-corrected chi connectivity index (χ0v) is 7.38. The quantitative estimate of drug-likeness (QED) is 0.686. The first-order valence-corrected chi connectivity index (χ1v) is 3.77. The molecule has 0 fully saturated rings. The fraction of sp³-hybridized carbons (Fsp3) is 0.286. The fourth-order valence-electron chi connectivity index (χ4n) is 0.895. The maximum Gasteiger partial charge on any atom is 0.573 e. The number of nitrogens with zero attached hydrogens (tertiary/aromatic N) is 1. The van der Waals surface area contributed by atoms with Gasteiger partial charge in [0, 0.05) is 6.54 Å². The molecule has 0 unspecified atom stereocenters. The molecule has 84 valence electrons. The Hall–Kier alpha value is -1.70. The van der Waals surface area contributed by atoms with Crippen LogP contribution in [0.15, 0.2) is 6.20 Å². The minimum atomic E-state index is -4.88. The smallest absolute Gasteiger partial charge is 0.504 e. The monoisotopic (exact) mass is 223 g/mol. The second-order valence-corrected chi connectivity index (χ2v) is 2.58. The van der Waals surface area contributed by atoms with Gasteiger partial charge < -0.3 is 21.3 Å². The predicted octanol–water partition coefficient (Wildman–Crippen LogP) is 0.727. The van der Waals surface area contributed by atoms with Crippen molar-refractivity contribution in [2.75, 3.05) is 5.73 Å². The molecular formula is C7H8F3N3O2. The van der Waals surface area contributed by atoms with Crippen molar-refractivity contribution in [3.63, 3.8) is 0 Å². The van der Waals surface area contributed by atoms with Crippen LogP contribution in [-0.4, -0.2) is 16.5 Å². The zero-order chi connectivity index (χ0) is 11.6. The summed E-state index contributed by atoms with van der Waals surface area (Å²) in [5, 5.41) is 9.26. The number of aromatic hydroxyl groups is 1. The summed E-state index contributed by atoms with van der Waals surface area (Å²) >= 11 is 0. The number of halogens is 3. The molecule has 0 radical (unpaired) electrons. The van der Waals surface area contributed by atoms with E-state index in [1.54, 1.807) is 0 Å². The van der Waals surface area contributed by atoms with Gasteiger partial charge in [0.05, 0.1) is 11.9 Å². The average Bonchev–Trinajstić information content (AvgIpc) is 2.11. The lowest BCUT2D eigenvalue weighted by Gasteiger charge is -2.12. The molecule has 15 heavy (non-hydrogen) atoms. The van der Waals surface area contributed by atoms with Crippen LogP contribution in [0.25, 0.3) is 0 Å². The maximum atomic E-state index is 11.8. The van der Waals surface area contributed by atoms with E-state index in [9.17, 15) is 18.3 Å². The summed E-state index contributed by atoms with van der Waals surface area (Å²) in [6.07, 6.45) is -4.13. The van der Waals surface area contributed by atoms with Crippen LogP contribution in [0.4, 0.5) is 18.9 Å². The topological polar surface area (TPSA) is 94.4 Å². The molecule has 0 aromatic carbocycles. The molecule has 1 aromatic rings. The third-order valence-corrected chi connectivity index (χ3v) is 1.55. The van der Waals surface area contributed by atoms with Gasteiger partial charge in [0.25, 0.3) is 0 Å². The third kappa shape index (κ3) is 2.62. The first-order chi connectivity index (χ1) is 6.85. The van der Waals surface area contributed by atoms with Crippen LogP contribution >= 0.6 is 0 Å². The maximum absolute atomic E-state index is 11.8. The Labute approximate surface area is 82.5 Å². The van der Waals surface area contributed by atoms with Gasteiger partial charge in [-0.05, 0) is 0 Å². The Balaban J connectivity index is 3.07. The van der Waals surface area contributed by atoms with Crippen molar-refractivity contribution >= 4 is 5.69 Å². The molecule has 0 spiro atoms. The first kappa shape index (κ1) is 11.4. The molecule has 1 aromatic heterocycles. The number of aromatic nitrogens is 1. The van der Waals surface area contributed by atoms with Gasteiger partial charge in [0.2, 0.25) is 0 Å². The highest BCUT2D eigenvalue weighted by molar-refractivity contribution is 5.62. The summed E-state index contributed by atoms with van der Waals surface area (Å²) in [5.41, 5.74) is 9.81. The van der Waals surface area contributed by atoms with E-state index < -0.39 is 23.5 Å². The summed E-state index contributed by atoms with van der Waals surface area (Å²) < 4.78 is 39.0. The summed E-state index contributed by atoms with van der Waals surface area (Å²) in [6.45, 7) is -0.137. The molecule has 5 nitrogen and oxygen atoms in total. The highest BCUT2D eigenvalue weighted by atomic mass is 19.4. The van der Waals surface area contributed by atoms with Crippen LogP contribution in [0.5, 0.6) is 11.5 Å². The number of pyridine rings is 1. The minimum Gasteiger partial charge on any atom is -0.504 e. The summed E-state index contributed by atoms with van der Waals surface area (Å²) in [7, 11) is 0. The van der Waals surface area contributed by atoms with Crippen LogP contribution in [0.1, 0.15) is 5.69 Å². The number of anilines is 1. The number of rotatable bonds is 2. The molecule has 0 amide bonds. The second kappa shape index (κ2) is 3.81. The molecule has 0 aliphatic rings. The van der Waals surface area contributed by atoms with Crippen molar-refractivity contribution in [1.29, 1.82) is 0 Å². The lowest BCUT2D eigenvalue weighted by atomic mass is 10.2. The summed E-state index contributed by atoms with van der Waals surface area (Å²) in [6, 6.07) is 0. The van der Waals surface area contributed by atoms with Crippen LogP contribution in [0.3, 0.4) is 0 Å². The third-order valence-electron chi connectivity index (χ3n) is 1.55. The van der Waals surface area contributed by atoms with Crippen LogP contribution in [0, 0.1) is 0 Å². The molecule has 0 saturated carbocycles. The number of hydrogen-bond acceptors (Lipinski definition) is 5. The van der Waals surface area contributed by atoms with Crippen LogP contribution in [0.2, 0.25) is 0 Å². The highest BCUT2D eigenvalue weighted by Crippen LogP contribution is 2.35. The Bertz CT molecular complexity index is 367. The lowest BCUT2D eigenvalue weighted by Crippen LogP contribution is -2.18. The molecule has 1 heterocycles. The van der Waals surface area contributed by atoms with E-state index in [0.29, 0.717) is 0 Å². The molecule has 0 saturated heterocycles. The molecule has 0 bridgehead atoms. The Morgan fingerprint density at radius 2 is 2.07 bits per heavy atom. The largest absolute Gasteiger partial charge is 0.573 e. The zero-order valence-electron chi connectivity index (χ0n) is 7.38. The van der Waals surface area contributed by atoms with Gasteiger partial charge in [0.15, 0.2) is 11.5 Å². The van der Waals surface area contributed by atoms with Gasteiger partial charge in [-0.25, -0.2) is 0 Å². The normalized spacial score (nSPS) is 11.5. The van der Waals surface area contributed by atoms with E-state index in [4.69, 9.17) is 11.5 Å². The number of nitrogens with two attached hydrogens (primary N) is 2. The summed E-state index contributed by atoms with van der Waals surface area (Å²) in [4.78, 5) is 3.46. The average molecular weight is 223 g/mol. The molecule has 5 N–H and O–H groups in total. The van der Waals surface area contributed by atoms with Crippen molar-refractivity contribution in [3.05, 3.63) is 11.9 Å². The van der Waals surface area contributed by atoms with Gasteiger partial charge in [-0.2, -0.15) is 0 Å². The molecule has 8 heteroatoms.